The summed E-state index contributed by atoms with van der Waals surface area (Å²) in [6, 6.07) is 4.49. The lowest BCUT2D eigenvalue weighted by Gasteiger charge is -2.08. The fourth-order valence-corrected chi connectivity index (χ4v) is 2.37. The van der Waals surface area contributed by atoms with E-state index >= 15 is 0 Å². The molecule has 0 radical (unpaired) electrons. The highest BCUT2D eigenvalue weighted by atomic mass is 32.1. The van der Waals surface area contributed by atoms with Crippen LogP contribution in [0, 0.1) is 24.0 Å². The van der Waals surface area contributed by atoms with Crippen molar-refractivity contribution < 1.29 is 14.5 Å². The van der Waals surface area contributed by atoms with Crippen LogP contribution in [0.25, 0.3) is 0 Å². The highest BCUT2D eigenvalue weighted by Crippen LogP contribution is 2.26. The molecule has 0 aliphatic carbocycles. The number of hydrogen-bond donors (Lipinski definition) is 1. The Morgan fingerprint density at radius 2 is 2.24 bits per heavy atom. The maximum Gasteiger partial charge on any atom is 0.276 e. The maximum atomic E-state index is 11.7. The van der Waals surface area contributed by atoms with Gasteiger partial charge in [-0.3, -0.25) is 20.2 Å². The van der Waals surface area contributed by atoms with Crippen LogP contribution in [-0.4, -0.2) is 22.4 Å². The smallest absolute Gasteiger partial charge is 0.276 e. The van der Waals surface area contributed by atoms with E-state index in [0.717, 1.165) is 5.69 Å². The van der Waals surface area contributed by atoms with Crippen molar-refractivity contribution in [2.75, 3.05) is 11.9 Å². The van der Waals surface area contributed by atoms with Gasteiger partial charge < -0.3 is 4.74 Å². The zero-order chi connectivity index (χ0) is 15.4. The summed E-state index contributed by atoms with van der Waals surface area (Å²) >= 11 is 1.32. The van der Waals surface area contributed by atoms with Crippen molar-refractivity contribution in [3.63, 3.8) is 0 Å². The van der Waals surface area contributed by atoms with E-state index in [-0.39, 0.29) is 18.2 Å². The van der Waals surface area contributed by atoms with Gasteiger partial charge in [-0.2, -0.15) is 0 Å². The number of rotatable bonds is 5. The quantitative estimate of drug-likeness (QED) is 0.677. The zero-order valence-corrected chi connectivity index (χ0v) is 12.3. The summed E-state index contributed by atoms with van der Waals surface area (Å²) in [4.78, 5) is 26.2. The van der Waals surface area contributed by atoms with Gasteiger partial charge in [-0.25, -0.2) is 4.98 Å². The van der Waals surface area contributed by atoms with Gasteiger partial charge in [0.15, 0.2) is 11.7 Å². The number of hydrogen-bond acceptors (Lipinski definition) is 6. The monoisotopic (exact) mass is 307 g/mol. The Morgan fingerprint density at radius 3 is 2.86 bits per heavy atom. The van der Waals surface area contributed by atoms with Gasteiger partial charge in [0.05, 0.1) is 16.2 Å². The number of anilines is 1. The van der Waals surface area contributed by atoms with Gasteiger partial charge in [0.25, 0.3) is 11.6 Å². The summed E-state index contributed by atoms with van der Waals surface area (Å²) in [6.07, 6.45) is 0. The van der Waals surface area contributed by atoms with Gasteiger partial charge >= 0.3 is 0 Å². The van der Waals surface area contributed by atoms with Crippen molar-refractivity contribution in [2.24, 2.45) is 0 Å². The van der Waals surface area contributed by atoms with Crippen molar-refractivity contribution >= 4 is 28.1 Å². The number of aryl methyl sites for hydroxylation is 1. The van der Waals surface area contributed by atoms with Crippen LogP contribution >= 0.6 is 11.3 Å². The standard InChI is InChI=1S/C13H13N3O4S/c1-8-7-21-13(14-8)15-12(17)6-20-11-5-3-4-10(9(11)2)16(18)19/h3-5,7H,6H2,1-2H3,(H,14,15,17). The van der Waals surface area contributed by atoms with E-state index in [1.165, 1.54) is 23.5 Å². The van der Waals surface area contributed by atoms with Gasteiger partial charge in [-0.15, -0.1) is 11.3 Å². The van der Waals surface area contributed by atoms with Crippen molar-refractivity contribution in [1.29, 1.82) is 0 Å². The minimum absolute atomic E-state index is 0.0385. The minimum Gasteiger partial charge on any atom is -0.483 e. The maximum absolute atomic E-state index is 11.7. The van der Waals surface area contributed by atoms with E-state index in [4.69, 9.17) is 4.74 Å². The molecule has 0 bridgehead atoms. The molecule has 0 saturated carbocycles. The number of amides is 1. The summed E-state index contributed by atoms with van der Waals surface area (Å²) in [5, 5.41) is 15.7. The Balaban J connectivity index is 1.98. The first-order valence-corrected chi connectivity index (χ1v) is 6.94. The molecule has 1 amide bonds. The molecule has 2 aromatic rings. The number of nitrogens with one attached hydrogen (secondary N) is 1. The van der Waals surface area contributed by atoms with E-state index in [0.29, 0.717) is 16.4 Å². The highest BCUT2D eigenvalue weighted by Gasteiger charge is 2.15. The molecule has 0 saturated heterocycles. The van der Waals surface area contributed by atoms with Crippen LogP contribution in [0.15, 0.2) is 23.6 Å². The Morgan fingerprint density at radius 1 is 1.48 bits per heavy atom. The lowest BCUT2D eigenvalue weighted by atomic mass is 10.2. The Kier molecular flexibility index (Phi) is 4.49. The van der Waals surface area contributed by atoms with Gasteiger partial charge in [-0.05, 0) is 19.9 Å². The molecule has 0 fully saturated rings. The largest absolute Gasteiger partial charge is 0.483 e. The van der Waals surface area contributed by atoms with E-state index in [2.05, 4.69) is 10.3 Å². The second-order valence-corrected chi connectivity index (χ2v) is 5.15. The molecule has 0 atom stereocenters. The third-order valence-electron chi connectivity index (χ3n) is 2.68. The van der Waals surface area contributed by atoms with Crippen molar-refractivity contribution in [3.05, 3.63) is 45.0 Å². The number of nitro groups is 1. The Hall–Kier alpha value is -2.48. The molecule has 1 N–H and O–H groups in total. The number of aromatic nitrogens is 1. The first-order chi connectivity index (χ1) is 9.97. The van der Waals surface area contributed by atoms with Gasteiger partial charge in [-0.1, -0.05) is 6.07 Å². The normalized spacial score (nSPS) is 10.2. The van der Waals surface area contributed by atoms with Crippen LogP contribution in [0.1, 0.15) is 11.3 Å². The van der Waals surface area contributed by atoms with Gasteiger partial charge in [0, 0.05) is 11.4 Å². The van der Waals surface area contributed by atoms with E-state index in [1.807, 2.05) is 12.3 Å². The lowest BCUT2D eigenvalue weighted by Crippen LogP contribution is -2.20. The average Bonchev–Trinajstić information content (AvgIpc) is 2.82. The average molecular weight is 307 g/mol. The number of nitro benzene ring substituents is 1. The molecule has 21 heavy (non-hydrogen) atoms. The van der Waals surface area contributed by atoms with E-state index in [9.17, 15) is 14.9 Å². The number of carbonyl (C=O) groups is 1. The number of nitrogens with zero attached hydrogens (tertiary/aromatic N) is 2. The third-order valence-corrected chi connectivity index (χ3v) is 3.55. The van der Waals surface area contributed by atoms with Crippen molar-refractivity contribution in [3.8, 4) is 5.75 Å². The fourth-order valence-electron chi connectivity index (χ4n) is 1.67. The first kappa shape index (κ1) is 14.9. The predicted octanol–water partition coefficient (Wildman–Crippen LogP) is 2.69. The van der Waals surface area contributed by atoms with Crippen molar-refractivity contribution in [1.82, 2.24) is 4.98 Å². The molecule has 2 rings (SSSR count). The number of thiazole rings is 1. The molecule has 0 aliphatic rings. The number of carbonyl (C=O) groups excluding carboxylic acids is 1. The number of benzene rings is 1. The van der Waals surface area contributed by atoms with Crippen LogP contribution in [0.5, 0.6) is 5.75 Å². The fraction of sp³-hybridized carbons (Fsp3) is 0.231. The summed E-state index contributed by atoms with van der Waals surface area (Å²) in [7, 11) is 0. The van der Waals surface area contributed by atoms with Crippen LogP contribution < -0.4 is 10.1 Å². The molecule has 1 heterocycles. The molecule has 0 aliphatic heterocycles. The molecule has 1 aromatic heterocycles. The van der Waals surface area contributed by atoms with Crippen LogP contribution in [0.2, 0.25) is 0 Å². The van der Waals surface area contributed by atoms with Crippen molar-refractivity contribution in [2.45, 2.75) is 13.8 Å². The summed E-state index contributed by atoms with van der Waals surface area (Å²) in [6.45, 7) is 3.17. The topological polar surface area (TPSA) is 94.4 Å². The van der Waals surface area contributed by atoms with Crippen LogP contribution in [0.4, 0.5) is 10.8 Å². The Bertz CT molecular complexity index is 684. The van der Waals surface area contributed by atoms with Crippen LogP contribution in [-0.2, 0) is 4.79 Å². The molecule has 0 spiro atoms. The lowest BCUT2D eigenvalue weighted by molar-refractivity contribution is -0.385. The molecule has 110 valence electrons. The molecular weight excluding hydrogens is 294 g/mol. The second kappa shape index (κ2) is 6.31. The summed E-state index contributed by atoms with van der Waals surface area (Å²) in [5.74, 6) is -0.0510. The zero-order valence-electron chi connectivity index (χ0n) is 11.5. The van der Waals surface area contributed by atoms with Gasteiger partial charge in [0.1, 0.15) is 5.75 Å². The van der Waals surface area contributed by atoms with Crippen LogP contribution in [0.3, 0.4) is 0 Å². The molecule has 7 nitrogen and oxygen atoms in total. The third kappa shape index (κ3) is 3.76. The minimum atomic E-state index is -0.486. The molecule has 8 heteroatoms. The molecule has 1 aromatic carbocycles. The van der Waals surface area contributed by atoms with E-state index < -0.39 is 4.92 Å². The molecule has 0 unspecified atom stereocenters. The second-order valence-electron chi connectivity index (χ2n) is 4.29. The first-order valence-electron chi connectivity index (χ1n) is 6.06. The SMILES string of the molecule is Cc1csc(NC(=O)COc2cccc([N+](=O)[O-])c2C)n1. The predicted molar refractivity (Wildman–Crippen MR) is 78.8 cm³/mol. The summed E-state index contributed by atoms with van der Waals surface area (Å²) in [5.41, 5.74) is 1.18. The Labute approximate surface area is 124 Å². The highest BCUT2D eigenvalue weighted by molar-refractivity contribution is 7.13. The van der Waals surface area contributed by atoms with E-state index in [1.54, 1.807) is 13.0 Å². The number of ether oxygens (including phenoxy) is 1. The molecular formula is C13H13N3O4S. The summed E-state index contributed by atoms with van der Waals surface area (Å²) < 4.78 is 5.33. The van der Waals surface area contributed by atoms with Gasteiger partial charge in [0.2, 0.25) is 0 Å².